The molecule has 0 aliphatic rings. The van der Waals surface area contributed by atoms with E-state index < -0.39 is 5.54 Å². The van der Waals surface area contributed by atoms with Crippen molar-refractivity contribution in [2.75, 3.05) is 12.3 Å². The van der Waals surface area contributed by atoms with E-state index in [-0.39, 0.29) is 6.61 Å². The van der Waals surface area contributed by atoms with Crippen LogP contribution in [0.15, 0.2) is 10.5 Å². The van der Waals surface area contributed by atoms with E-state index in [2.05, 4.69) is 0 Å². The Kier molecular flexibility index (Phi) is 4.86. The number of aliphatic hydroxyl groups excluding tert-OH is 1. The fourth-order valence-corrected chi connectivity index (χ4v) is 2.13. The van der Waals surface area contributed by atoms with E-state index in [0.29, 0.717) is 12.3 Å². The lowest BCUT2D eigenvalue weighted by molar-refractivity contribution is 0.271. The maximum Gasteiger partial charge on any atom is 0.128 e. The Morgan fingerprint density at radius 3 is 2.62 bits per heavy atom. The van der Waals surface area contributed by atoms with Gasteiger partial charge in [-0.1, -0.05) is 0 Å². The van der Waals surface area contributed by atoms with Crippen molar-refractivity contribution in [3.8, 4) is 0 Å². The summed E-state index contributed by atoms with van der Waals surface area (Å²) in [7, 11) is 0. The van der Waals surface area contributed by atoms with Crippen molar-refractivity contribution < 1.29 is 9.52 Å². The molecule has 0 amide bonds. The highest BCUT2D eigenvalue weighted by Crippen LogP contribution is 2.27. The van der Waals surface area contributed by atoms with Crippen LogP contribution in [0.3, 0.4) is 0 Å². The molecular weight excluding hydrogens is 224 g/mol. The van der Waals surface area contributed by atoms with Crippen molar-refractivity contribution in [1.29, 1.82) is 0 Å². The zero-order chi connectivity index (χ0) is 12.2. The Hall–Kier alpha value is -0.490. The minimum absolute atomic E-state index is 0.0407. The molecule has 0 aliphatic carbocycles. The van der Waals surface area contributed by atoms with Crippen LogP contribution in [-0.4, -0.2) is 17.4 Å². The number of hydrogen-bond donors (Lipinski definition) is 3. The summed E-state index contributed by atoms with van der Waals surface area (Å²) in [4.78, 5) is 0. The van der Waals surface area contributed by atoms with Crippen LogP contribution in [0.25, 0.3) is 0 Å². The molecule has 4 nitrogen and oxygen atoms in total. The van der Waals surface area contributed by atoms with E-state index in [4.69, 9.17) is 15.9 Å². The zero-order valence-corrected chi connectivity index (χ0v) is 10.6. The third kappa shape index (κ3) is 3.52. The molecule has 0 bridgehead atoms. The van der Waals surface area contributed by atoms with Gasteiger partial charge in [-0.2, -0.15) is 11.8 Å². The quantitative estimate of drug-likeness (QED) is 0.654. The largest absolute Gasteiger partial charge is 0.463 e. The summed E-state index contributed by atoms with van der Waals surface area (Å²) in [6.45, 7) is 4.35. The van der Waals surface area contributed by atoms with E-state index in [1.54, 1.807) is 11.8 Å². The van der Waals surface area contributed by atoms with E-state index in [9.17, 15) is 5.11 Å². The molecule has 0 saturated carbocycles. The molecule has 1 heterocycles. The van der Waals surface area contributed by atoms with E-state index in [1.165, 1.54) is 0 Å². The van der Waals surface area contributed by atoms with Gasteiger partial charge in [-0.3, -0.25) is 0 Å². The number of hydrogen-bond acceptors (Lipinski definition) is 5. The average molecular weight is 244 g/mol. The summed E-state index contributed by atoms with van der Waals surface area (Å²) in [5.74, 6) is 3.17. The standard InChI is InChI=1S/C11H20N2O2S/c1-11(2,13)10-8(6-14)5-9(15-10)7-16-4-3-12/h5,14H,3-4,6-7,12-13H2,1-2H3. The monoisotopic (exact) mass is 244 g/mol. The SMILES string of the molecule is CC(C)(N)c1oc(CSCCN)cc1CO. The Morgan fingerprint density at radius 2 is 2.19 bits per heavy atom. The van der Waals surface area contributed by atoms with Gasteiger partial charge >= 0.3 is 0 Å². The first-order valence-electron chi connectivity index (χ1n) is 5.28. The topological polar surface area (TPSA) is 85.4 Å². The molecule has 5 heteroatoms. The van der Waals surface area contributed by atoms with Crippen molar-refractivity contribution >= 4 is 11.8 Å². The molecule has 0 aromatic carbocycles. The summed E-state index contributed by atoms with van der Waals surface area (Å²) in [6.07, 6.45) is 0. The molecule has 16 heavy (non-hydrogen) atoms. The molecule has 1 aromatic rings. The van der Waals surface area contributed by atoms with Crippen molar-refractivity contribution in [2.45, 2.75) is 31.7 Å². The van der Waals surface area contributed by atoms with Gasteiger partial charge in [0.15, 0.2) is 0 Å². The molecule has 1 rings (SSSR count). The van der Waals surface area contributed by atoms with Gasteiger partial charge in [0.25, 0.3) is 0 Å². The second-order valence-electron chi connectivity index (χ2n) is 4.29. The Labute approximate surface area is 100 Å². The van der Waals surface area contributed by atoms with Crippen molar-refractivity contribution in [1.82, 2.24) is 0 Å². The van der Waals surface area contributed by atoms with Gasteiger partial charge in [0, 0.05) is 17.9 Å². The predicted octanol–water partition coefficient (Wildman–Crippen LogP) is 1.16. The Bertz CT molecular complexity index is 331. The molecule has 0 unspecified atom stereocenters. The highest BCUT2D eigenvalue weighted by atomic mass is 32.2. The van der Waals surface area contributed by atoms with Crippen LogP contribution in [0.2, 0.25) is 0 Å². The fourth-order valence-electron chi connectivity index (χ4n) is 1.48. The van der Waals surface area contributed by atoms with Crippen LogP contribution < -0.4 is 11.5 Å². The molecule has 0 spiro atoms. The molecule has 0 atom stereocenters. The van der Waals surface area contributed by atoms with Crippen LogP contribution in [0.5, 0.6) is 0 Å². The molecule has 0 radical (unpaired) electrons. The number of furan rings is 1. The lowest BCUT2D eigenvalue weighted by atomic mass is 10.00. The lowest BCUT2D eigenvalue weighted by Gasteiger charge is -2.16. The molecule has 92 valence electrons. The first-order valence-corrected chi connectivity index (χ1v) is 6.44. The first-order chi connectivity index (χ1) is 7.49. The third-order valence-corrected chi connectivity index (χ3v) is 3.14. The molecule has 5 N–H and O–H groups in total. The number of rotatable bonds is 6. The van der Waals surface area contributed by atoms with Gasteiger partial charge in [0.05, 0.1) is 17.9 Å². The average Bonchev–Trinajstić information content (AvgIpc) is 2.61. The van der Waals surface area contributed by atoms with Crippen molar-refractivity contribution in [2.24, 2.45) is 11.5 Å². The normalized spacial score (nSPS) is 12.1. The van der Waals surface area contributed by atoms with Crippen LogP contribution >= 0.6 is 11.8 Å². The van der Waals surface area contributed by atoms with Gasteiger partial charge in [-0.05, 0) is 19.9 Å². The predicted molar refractivity (Wildman–Crippen MR) is 67.1 cm³/mol. The smallest absolute Gasteiger partial charge is 0.128 e. The van der Waals surface area contributed by atoms with Gasteiger partial charge < -0.3 is 21.0 Å². The second kappa shape index (κ2) is 5.72. The highest BCUT2D eigenvalue weighted by Gasteiger charge is 2.23. The summed E-state index contributed by atoms with van der Waals surface area (Å²) in [5, 5.41) is 9.22. The van der Waals surface area contributed by atoms with Crippen molar-refractivity contribution in [3.05, 3.63) is 23.2 Å². The van der Waals surface area contributed by atoms with Crippen LogP contribution in [0.4, 0.5) is 0 Å². The van der Waals surface area contributed by atoms with Crippen LogP contribution in [0, 0.1) is 0 Å². The third-order valence-electron chi connectivity index (χ3n) is 2.12. The van der Waals surface area contributed by atoms with Gasteiger partial charge in [0.1, 0.15) is 11.5 Å². The van der Waals surface area contributed by atoms with Crippen LogP contribution in [0.1, 0.15) is 30.9 Å². The molecule has 0 fully saturated rings. The number of nitrogens with two attached hydrogens (primary N) is 2. The maximum atomic E-state index is 9.22. The van der Waals surface area contributed by atoms with E-state index >= 15 is 0 Å². The summed E-state index contributed by atoms with van der Waals surface area (Å²) in [6, 6.07) is 1.87. The summed E-state index contributed by atoms with van der Waals surface area (Å²) in [5.41, 5.74) is 11.6. The molecule has 0 saturated heterocycles. The Balaban J connectivity index is 2.78. The minimum atomic E-state index is -0.561. The molecular formula is C11H20N2O2S. The zero-order valence-electron chi connectivity index (χ0n) is 9.82. The molecule has 1 aromatic heterocycles. The highest BCUT2D eigenvalue weighted by molar-refractivity contribution is 7.98. The van der Waals surface area contributed by atoms with Crippen LogP contribution in [-0.2, 0) is 17.9 Å². The van der Waals surface area contributed by atoms with E-state index in [1.807, 2.05) is 19.9 Å². The second-order valence-corrected chi connectivity index (χ2v) is 5.39. The maximum absolute atomic E-state index is 9.22. The van der Waals surface area contributed by atoms with E-state index in [0.717, 1.165) is 22.8 Å². The number of thioether (sulfide) groups is 1. The van der Waals surface area contributed by atoms with Gasteiger partial charge in [-0.15, -0.1) is 0 Å². The minimum Gasteiger partial charge on any atom is -0.463 e. The van der Waals surface area contributed by atoms with Crippen molar-refractivity contribution in [3.63, 3.8) is 0 Å². The summed E-state index contributed by atoms with van der Waals surface area (Å²) >= 11 is 1.71. The fraction of sp³-hybridized carbons (Fsp3) is 0.636. The van der Waals surface area contributed by atoms with Gasteiger partial charge in [0.2, 0.25) is 0 Å². The van der Waals surface area contributed by atoms with Gasteiger partial charge in [-0.25, -0.2) is 0 Å². The summed E-state index contributed by atoms with van der Waals surface area (Å²) < 4.78 is 5.67. The molecule has 0 aliphatic heterocycles. The number of aliphatic hydroxyl groups is 1. The first kappa shape index (κ1) is 13.6. The Morgan fingerprint density at radius 1 is 1.50 bits per heavy atom. The lowest BCUT2D eigenvalue weighted by Crippen LogP contribution is -2.29.